The van der Waals surface area contributed by atoms with Crippen molar-refractivity contribution < 1.29 is 23.9 Å². The molecule has 3 amide bonds. The van der Waals surface area contributed by atoms with Crippen molar-refractivity contribution in [1.82, 2.24) is 4.90 Å². The highest BCUT2D eigenvalue weighted by Gasteiger charge is 2.43. The Labute approximate surface area is 157 Å². The number of carbonyl (C=O) groups excluding carboxylic acids is 4. The normalized spacial score (nSPS) is 21.5. The van der Waals surface area contributed by atoms with E-state index < -0.39 is 12.0 Å². The second kappa shape index (κ2) is 7.87. The Bertz CT molecular complexity index is 753. The summed E-state index contributed by atoms with van der Waals surface area (Å²) in [6.07, 6.45) is 1.31. The smallest absolute Gasteiger partial charge is 0.338 e. The van der Waals surface area contributed by atoms with Crippen LogP contribution in [0.5, 0.6) is 0 Å². The first-order chi connectivity index (χ1) is 12.9. The predicted molar refractivity (Wildman–Crippen MR) is 96.8 cm³/mol. The molecule has 0 aliphatic carbocycles. The molecule has 2 N–H and O–H groups in total. The zero-order valence-corrected chi connectivity index (χ0v) is 15.2. The van der Waals surface area contributed by atoms with E-state index in [2.05, 4.69) is 0 Å². The molecule has 144 valence electrons. The predicted octanol–water partition coefficient (Wildman–Crippen LogP) is 0.693. The van der Waals surface area contributed by atoms with Crippen LogP contribution in [0.2, 0.25) is 0 Å². The lowest BCUT2D eigenvalue weighted by molar-refractivity contribution is -0.124. The van der Waals surface area contributed by atoms with E-state index in [1.807, 2.05) is 4.90 Å². The van der Waals surface area contributed by atoms with Crippen molar-refractivity contribution in [1.29, 1.82) is 0 Å². The average molecular weight is 373 g/mol. The van der Waals surface area contributed by atoms with Crippen LogP contribution in [0.3, 0.4) is 0 Å². The fourth-order valence-corrected chi connectivity index (χ4v) is 3.63. The SMILES string of the molecule is CCOC(=O)c1ccc(N2C(=O)CC(N3CCC(C(N)=O)CC3)C2=O)cc1. The maximum atomic E-state index is 12.8. The van der Waals surface area contributed by atoms with Gasteiger partial charge in [0.2, 0.25) is 11.8 Å². The molecule has 8 heteroatoms. The highest BCUT2D eigenvalue weighted by atomic mass is 16.5. The Kier molecular flexibility index (Phi) is 5.55. The number of piperidine rings is 1. The fraction of sp³-hybridized carbons (Fsp3) is 0.474. The second-order valence-electron chi connectivity index (χ2n) is 6.77. The van der Waals surface area contributed by atoms with Crippen LogP contribution in [0.25, 0.3) is 0 Å². The molecule has 1 aromatic carbocycles. The van der Waals surface area contributed by atoms with E-state index in [1.54, 1.807) is 31.2 Å². The second-order valence-corrected chi connectivity index (χ2v) is 6.77. The van der Waals surface area contributed by atoms with Gasteiger partial charge in [0.1, 0.15) is 0 Å². The van der Waals surface area contributed by atoms with E-state index in [4.69, 9.17) is 10.5 Å². The Balaban J connectivity index is 1.69. The Morgan fingerprint density at radius 2 is 1.78 bits per heavy atom. The Morgan fingerprint density at radius 3 is 2.33 bits per heavy atom. The zero-order chi connectivity index (χ0) is 19.6. The minimum atomic E-state index is -0.518. The van der Waals surface area contributed by atoms with E-state index in [9.17, 15) is 19.2 Å². The monoisotopic (exact) mass is 373 g/mol. The molecule has 2 aliphatic rings. The number of hydrogen-bond donors (Lipinski definition) is 1. The van der Waals surface area contributed by atoms with Gasteiger partial charge < -0.3 is 10.5 Å². The lowest BCUT2D eigenvalue weighted by Crippen LogP contribution is -2.47. The zero-order valence-electron chi connectivity index (χ0n) is 15.2. The number of amides is 3. The number of likely N-dealkylation sites (tertiary alicyclic amines) is 1. The van der Waals surface area contributed by atoms with Crippen LogP contribution in [-0.4, -0.2) is 54.3 Å². The minimum Gasteiger partial charge on any atom is -0.462 e. The Hall–Kier alpha value is -2.74. The molecule has 0 saturated carbocycles. The summed E-state index contributed by atoms with van der Waals surface area (Å²) in [4.78, 5) is 51.4. The van der Waals surface area contributed by atoms with Gasteiger partial charge in [-0.2, -0.15) is 0 Å². The number of hydrogen-bond acceptors (Lipinski definition) is 6. The van der Waals surface area contributed by atoms with Crippen molar-refractivity contribution in [3.8, 4) is 0 Å². The third-order valence-electron chi connectivity index (χ3n) is 5.13. The standard InChI is InChI=1S/C19H23N3O5/c1-2-27-19(26)13-3-5-14(6-4-13)22-16(23)11-15(18(22)25)21-9-7-12(8-10-21)17(20)24/h3-6,12,15H,2,7-11H2,1H3,(H2,20,24). The van der Waals surface area contributed by atoms with Gasteiger partial charge in [-0.3, -0.25) is 19.3 Å². The van der Waals surface area contributed by atoms with Crippen molar-refractivity contribution in [2.45, 2.75) is 32.2 Å². The molecule has 2 saturated heterocycles. The summed E-state index contributed by atoms with van der Waals surface area (Å²) in [5, 5.41) is 0. The summed E-state index contributed by atoms with van der Waals surface area (Å²) in [7, 11) is 0. The fourth-order valence-electron chi connectivity index (χ4n) is 3.63. The van der Waals surface area contributed by atoms with E-state index in [0.29, 0.717) is 37.2 Å². The molecular formula is C19H23N3O5. The van der Waals surface area contributed by atoms with Gasteiger partial charge in [0.05, 0.1) is 30.3 Å². The molecule has 2 heterocycles. The molecule has 2 aliphatic heterocycles. The molecule has 8 nitrogen and oxygen atoms in total. The van der Waals surface area contributed by atoms with E-state index in [-0.39, 0.29) is 36.7 Å². The number of carbonyl (C=O) groups is 4. The van der Waals surface area contributed by atoms with Crippen molar-refractivity contribution in [2.24, 2.45) is 11.7 Å². The lowest BCUT2D eigenvalue weighted by Gasteiger charge is -2.33. The van der Waals surface area contributed by atoms with Crippen LogP contribution in [0.1, 0.15) is 36.5 Å². The molecule has 2 fully saturated rings. The summed E-state index contributed by atoms with van der Waals surface area (Å²) in [6.45, 7) is 3.12. The number of esters is 1. The summed E-state index contributed by atoms with van der Waals surface area (Å²) in [5.74, 6) is -1.47. The maximum absolute atomic E-state index is 12.8. The number of nitrogens with zero attached hydrogens (tertiary/aromatic N) is 2. The van der Waals surface area contributed by atoms with Gasteiger partial charge in [-0.25, -0.2) is 9.69 Å². The first-order valence-electron chi connectivity index (χ1n) is 9.09. The van der Waals surface area contributed by atoms with E-state index in [0.717, 1.165) is 0 Å². The van der Waals surface area contributed by atoms with Crippen molar-refractivity contribution >= 4 is 29.4 Å². The number of anilines is 1. The average Bonchev–Trinajstić information content (AvgIpc) is 2.96. The first kappa shape index (κ1) is 19.0. The lowest BCUT2D eigenvalue weighted by atomic mass is 9.95. The van der Waals surface area contributed by atoms with Crippen molar-refractivity contribution in [3.05, 3.63) is 29.8 Å². The topological polar surface area (TPSA) is 110 Å². The molecule has 0 bridgehead atoms. The largest absolute Gasteiger partial charge is 0.462 e. The number of benzene rings is 1. The third kappa shape index (κ3) is 3.85. The molecule has 27 heavy (non-hydrogen) atoms. The molecule has 1 aromatic rings. The number of imide groups is 1. The van der Waals surface area contributed by atoms with Gasteiger partial charge in [0.15, 0.2) is 0 Å². The Morgan fingerprint density at radius 1 is 1.15 bits per heavy atom. The minimum absolute atomic E-state index is 0.111. The molecule has 3 rings (SSSR count). The molecule has 1 unspecified atom stereocenters. The van der Waals surface area contributed by atoms with Crippen molar-refractivity contribution in [3.63, 3.8) is 0 Å². The highest BCUT2D eigenvalue weighted by Crippen LogP contribution is 2.28. The highest BCUT2D eigenvalue weighted by molar-refractivity contribution is 6.22. The van der Waals surface area contributed by atoms with Crippen molar-refractivity contribution in [2.75, 3.05) is 24.6 Å². The molecule has 0 spiro atoms. The quantitative estimate of drug-likeness (QED) is 0.601. The van der Waals surface area contributed by atoms with Gasteiger partial charge in [0, 0.05) is 5.92 Å². The number of rotatable bonds is 5. The molecule has 0 aromatic heterocycles. The van der Waals surface area contributed by atoms with E-state index in [1.165, 1.54) is 4.90 Å². The summed E-state index contributed by atoms with van der Waals surface area (Å²) < 4.78 is 4.93. The van der Waals surface area contributed by atoms with Crippen LogP contribution < -0.4 is 10.6 Å². The van der Waals surface area contributed by atoms with Crippen LogP contribution in [0, 0.1) is 5.92 Å². The van der Waals surface area contributed by atoms with Gasteiger partial charge in [0.25, 0.3) is 5.91 Å². The van der Waals surface area contributed by atoms with Crippen LogP contribution >= 0.6 is 0 Å². The summed E-state index contributed by atoms with van der Waals surface area (Å²) >= 11 is 0. The molecule has 0 radical (unpaired) electrons. The van der Waals surface area contributed by atoms with E-state index >= 15 is 0 Å². The van der Waals surface area contributed by atoms with Crippen LogP contribution in [0.15, 0.2) is 24.3 Å². The summed E-state index contributed by atoms with van der Waals surface area (Å²) in [6, 6.07) is 5.71. The third-order valence-corrected chi connectivity index (χ3v) is 5.13. The van der Waals surface area contributed by atoms with Crippen LogP contribution in [0.4, 0.5) is 5.69 Å². The number of nitrogens with two attached hydrogens (primary N) is 1. The first-order valence-corrected chi connectivity index (χ1v) is 9.09. The molecular weight excluding hydrogens is 350 g/mol. The number of ether oxygens (including phenoxy) is 1. The van der Waals surface area contributed by atoms with Gasteiger partial charge in [-0.1, -0.05) is 0 Å². The van der Waals surface area contributed by atoms with Gasteiger partial charge >= 0.3 is 5.97 Å². The summed E-state index contributed by atoms with van der Waals surface area (Å²) in [5.41, 5.74) is 6.15. The maximum Gasteiger partial charge on any atom is 0.338 e. The van der Waals surface area contributed by atoms with Crippen LogP contribution in [-0.2, 0) is 19.1 Å². The number of primary amides is 1. The molecule has 1 atom stereocenters. The van der Waals surface area contributed by atoms with Gasteiger partial charge in [-0.15, -0.1) is 0 Å². The van der Waals surface area contributed by atoms with Gasteiger partial charge in [-0.05, 0) is 57.1 Å².